The van der Waals surface area contributed by atoms with Gasteiger partial charge in [0.2, 0.25) is 5.91 Å². The Labute approximate surface area is 248 Å². The van der Waals surface area contributed by atoms with Crippen molar-refractivity contribution in [3.63, 3.8) is 0 Å². The van der Waals surface area contributed by atoms with Crippen LogP contribution in [0, 0.1) is 23.7 Å². The number of methoxy groups -OCH3 is 1. The van der Waals surface area contributed by atoms with E-state index in [4.69, 9.17) is 9.47 Å². The lowest BCUT2D eigenvalue weighted by Crippen LogP contribution is -2.59. The van der Waals surface area contributed by atoms with Crippen LogP contribution in [0.25, 0.3) is 0 Å². The number of benzene rings is 1. The molecule has 1 spiro atoms. The molecule has 0 radical (unpaired) electrons. The van der Waals surface area contributed by atoms with Gasteiger partial charge in [-0.15, -0.1) is 24.9 Å². The van der Waals surface area contributed by atoms with Crippen molar-refractivity contribution in [1.82, 2.24) is 4.90 Å². The van der Waals surface area contributed by atoms with Crippen molar-refractivity contribution in [2.24, 2.45) is 23.7 Å². The van der Waals surface area contributed by atoms with Crippen molar-refractivity contribution in [1.29, 1.82) is 0 Å². The molecule has 0 aliphatic carbocycles. The average Bonchev–Trinajstić information content (AvgIpc) is 3.56. The summed E-state index contributed by atoms with van der Waals surface area (Å²) in [5.41, 5.74) is 0.663. The Bertz CT molecular complexity index is 1140. The number of anilines is 1. The lowest BCUT2D eigenvalue weighted by molar-refractivity contribution is -0.155. The number of nitrogens with zero attached hydrogens (tertiary/aromatic N) is 2. The van der Waals surface area contributed by atoms with Crippen molar-refractivity contribution in [2.75, 3.05) is 31.8 Å². The summed E-state index contributed by atoms with van der Waals surface area (Å²) in [5.74, 6) is -1.28. The number of carbonyl (C=O) groups is 3. The van der Waals surface area contributed by atoms with Crippen molar-refractivity contribution < 1.29 is 29.0 Å². The maximum atomic E-state index is 14.8. The SMILES string of the molecule is C=CCCCOC(=O)[C@@H]1[C@@H]2CC(C)C3(S2)C(C(=O)N(CC=C)c2ccc(OC)cc2)N([C@@H](CO)CC(C)C)C(=O)[C@H]13. The van der Waals surface area contributed by atoms with Crippen LogP contribution >= 0.6 is 11.8 Å². The van der Waals surface area contributed by atoms with Gasteiger partial charge < -0.3 is 24.4 Å². The first kappa shape index (κ1) is 31.2. The van der Waals surface area contributed by atoms with Crippen LogP contribution in [0.5, 0.6) is 5.75 Å². The number of fused-ring (bicyclic) bond motifs is 1. The fourth-order valence-electron chi connectivity index (χ4n) is 7.08. The number of likely N-dealkylation sites (tertiary alicyclic amines) is 1. The summed E-state index contributed by atoms with van der Waals surface area (Å²) >= 11 is 1.61. The minimum absolute atomic E-state index is 0.00931. The van der Waals surface area contributed by atoms with Crippen LogP contribution in [0.3, 0.4) is 0 Å². The van der Waals surface area contributed by atoms with Gasteiger partial charge in [0.15, 0.2) is 0 Å². The predicted molar refractivity (Wildman–Crippen MR) is 162 cm³/mol. The van der Waals surface area contributed by atoms with Gasteiger partial charge in [0.1, 0.15) is 11.8 Å². The van der Waals surface area contributed by atoms with E-state index in [-0.39, 0.29) is 54.6 Å². The van der Waals surface area contributed by atoms with Crippen LogP contribution in [0.15, 0.2) is 49.6 Å². The second kappa shape index (κ2) is 13.0. The molecule has 3 fully saturated rings. The molecule has 8 nitrogen and oxygen atoms in total. The van der Waals surface area contributed by atoms with Crippen LogP contribution in [0.2, 0.25) is 0 Å². The molecule has 41 heavy (non-hydrogen) atoms. The summed E-state index contributed by atoms with van der Waals surface area (Å²) in [7, 11) is 1.59. The molecule has 3 saturated heterocycles. The van der Waals surface area contributed by atoms with Crippen molar-refractivity contribution in [3.8, 4) is 5.75 Å². The van der Waals surface area contributed by atoms with E-state index in [1.165, 1.54) is 0 Å². The maximum absolute atomic E-state index is 14.8. The molecule has 2 bridgehead atoms. The zero-order valence-corrected chi connectivity index (χ0v) is 25.5. The third-order valence-electron chi connectivity index (χ3n) is 8.80. The molecule has 9 heteroatoms. The van der Waals surface area contributed by atoms with Gasteiger partial charge in [0.05, 0.1) is 42.9 Å². The maximum Gasteiger partial charge on any atom is 0.310 e. The monoisotopic (exact) mass is 584 g/mol. The average molecular weight is 585 g/mol. The van der Waals surface area contributed by atoms with Crippen molar-refractivity contribution >= 4 is 35.2 Å². The lowest BCUT2D eigenvalue weighted by Gasteiger charge is -2.42. The number of hydrogen-bond acceptors (Lipinski definition) is 7. The van der Waals surface area contributed by atoms with E-state index >= 15 is 0 Å². The molecule has 1 aromatic carbocycles. The highest BCUT2D eigenvalue weighted by atomic mass is 32.2. The van der Waals surface area contributed by atoms with Crippen molar-refractivity contribution in [3.05, 3.63) is 49.6 Å². The number of aliphatic hydroxyl groups excluding tert-OH is 1. The van der Waals surface area contributed by atoms with Crippen LogP contribution in [0.4, 0.5) is 5.69 Å². The number of allylic oxidation sites excluding steroid dienone is 1. The summed E-state index contributed by atoms with van der Waals surface area (Å²) < 4.78 is 10.2. The quantitative estimate of drug-likeness (QED) is 0.196. The molecule has 0 saturated carbocycles. The van der Waals surface area contributed by atoms with Gasteiger partial charge in [-0.1, -0.05) is 32.9 Å². The van der Waals surface area contributed by atoms with Gasteiger partial charge in [-0.05, 0) is 61.8 Å². The first-order valence-electron chi connectivity index (χ1n) is 14.6. The van der Waals surface area contributed by atoms with Crippen molar-refractivity contribution in [2.45, 2.75) is 68.5 Å². The Hall–Kier alpha value is -2.78. The zero-order valence-electron chi connectivity index (χ0n) is 24.7. The number of amides is 2. The summed E-state index contributed by atoms with van der Waals surface area (Å²) in [6, 6.07) is 5.84. The van der Waals surface area contributed by atoms with E-state index in [1.807, 2.05) is 26.0 Å². The Morgan fingerprint density at radius 3 is 2.54 bits per heavy atom. The van der Waals surface area contributed by atoms with Crippen LogP contribution in [0.1, 0.15) is 46.5 Å². The van der Waals surface area contributed by atoms with E-state index in [1.54, 1.807) is 53.0 Å². The zero-order chi connectivity index (χ0) is 29.9. The Balaban J connectivity index is 1.78. The third-order valence-corrected chi connectivity index (χ3v) is 10.9. The van der Waals surface area contributed by atoms with E-state index < -0.39 is 28.7 Å². The number of thioether (sulfide) groups is 1. The van der Waals surface area contributed by atoms with Crippen LogP contribution < -0.4 is 9.64 Å². The Morgan fingerprint density at radius 1 is 1.24 bits per heavy atom. The highest BCUT2D eigenvalue weighted by Crippen LogP contribution is 2.69. The molecule has 1 aromatic rings. The Morgan fingerprint density at radius 2 is 1.95 bits per heavy atom. The number of rotatable bonds is 14. The molecule has 3 unspecified atom stereocenters. The van der Waals surface area contributed by atoms with E-state index in [2.05, 4.69) is 20.1 Å². The second-order valence-electron chi connectivity index (χ2n) is 11.8. The molecule has 3 aliphatic rings. The molecule has 224 valence electrons. The molecular formula is C32H44N2O6S. The van der Waals surface area contributed by atoms with Gasteiger partial charge in [-0.2, -0.15) is 0 Å². The van der Waals surface area contributed by atoms with Gasteiger partial charge in [-0.3, -0.25) is 14.4 Å². The summed E-state index contributed by atoms with van der Waals surface area (Å²) in [4.78, 5) is 46.0. The minimum Gasteiger partial charge on any atom is -0.497 e. The lowest BCUT2D eigenvalue weighted by atomic mass is 9.66. The topological polar surface area (TPSA) is 96.4 Å². The van der Waals surface area contributed by atoms with E-state index in [0.717, 1.165) is 12.8 Å². The van der Waals surface area contributed by atoms with Crippen LogP contribution in [-0.4, -0.2) is 76.7 Å². The number of esters is 1. The minimum atomic E-state index is -0.846. The van der Waals surface area contributed by atoms with E-state index in [9.17, 15) is 19.5 Å². The first-order valence-corrected chi connectivity index (χ1v) is 15.5. The fourth-order valence-corrected chi connectivity index (χ4v) is 9.47. The largest absolute Gasteiger partial charge is 0.497 e. The van der Waals surface area contributed by atoms with Gasteiger partial charge in [-0.25, -0.2) is 0 Å². The first-order chi connectivity index (χ1) is 19.7. The van der Waals surface area contributed by atoms with Gasteiger partial charge in [0, 0.05) is 17.5 Å². The number of hydrogen-bond donors (Lipinski definition) is 1. The molecular weight excluding hydrogens is 540 g/mol. The summed E-state index contributed by atoms with van der Waals surface area (Å²) in [6.45, 7) is 14.0. The standard InChI is InChI=1S/C32H44N2O6S/c1-7-9-10-16-40-31(38)26-25-18-21(5)32(41-25)27(26)29(36)34(23(19-35)17-20(3)4)28(32)30(37)33(15-8-2)22-11-13-24(39-6)14-12-22/h7-8,11-14,20-21,23,25-28,35H,1-2,9-10,15-19H2,3-6H3/t21?,23-,25+,26-,27+,28?,32?/m1/s1. The molecule has 7 atom stereocenters. The number of unbranched alkanes of at least 4 members (excludes halogenated alkanes) is 1. The summed E-state index contributed by atoms with van der Waals surface area (Å²) in [6.07, 6.45) is 6.12. The van der Waals surface area contributed by atoms with Gasteiger partial charge >= 0.3 is 5.97 Å². The second-order valence-corrected chi connectivity index (χ2v) is 13.3. The highest BCUT2D eigenvalue weighted by molar-refractivity contribution is 8.02. The molecule has 2 amide bonds. The fraction of sp³-hybridized carbons (Fsp3) is 0.594. The number of carbonyl (C=O) groups excluding carboxylic acids is 3. The molecule has 4 rings (SSSR count). The van der Waals surface area contributed by atoms with Gasteiger partial charge in [0.25, 0.3) is 5.91 Å². The summed E-state index contributed by atoms with van der Waals surface area (Å²) in [5, 5.41) is 10.4. The van der Waals surface area contributed by atoms with E-state index in [0.29, 0.717) is 24.3 Å². The smallest absolute Gasteiger partial charge is 0.310 e. The molecule has 3 aliphatic heterocycles. The third kappa shape index (κ3) is 5.55. The normalized spacial score (nSPS) is 28.9. The highest BCUT2D eigenvalue weighted by Gasteiger charge is 2.77. The number of ether oxygens (including phenoxy) is 2. The predicted octanol–water partition coefficient (Wildman–Crippen LogP) is 4.47. The molecule has 0 aromatic heterocycles. The molecule has 3 heterocycles. The number of aliphatic hydroxyl groups is 1. The molecule has 1 N–H and O–H groups in total. The Kier molecular flexibility index (Phi) is 9.90. The van der Waals surface area contributed by atoms with Crippen LogP contribution in [-0.2, 0) is 19.1 Å².